The number of cyclic esters (lactones) is 1. The summed E-state index contributed by atoms with van der Waals surface area (Å²) in [6, 6.07) is 32.9. The molecule has 2 saturated carbocycles. The van der Waals surface area contributed by atoms with Crippen molar-refractivity contribution in [2.45, 2.75) is 82.9 Å². The fraction of sp³-hybridized carbons (Fsp3) is 0.327. The fourth-order valence-corrected chi connectivity index (χ4v) is 10.3. The number of carbonyl (C=O) groups is 1. The summed E-state index contributed by atoms with van der Waals surface area (Å²) in [7, 11) is 3.29. The number of benzene rings is 5. The van der Waals surface area contributed by atoms with E-state index in [2.05, 4.69) is 48.7 Å². The first kappa shape index (κ1) is 44.0. The molecule has 10 heteroatoms. The predicted molar refractivity (Wildman–Crippen MR) is 257 cm³/mol. The zero-order chi connectivity index (χ0) is 43.5. The van der Waals surface area contributed by atoms with Gasteiger partial charge in [-0.05, 0) is 134 Å². The van der Waals surface area contributed by atoms with Gasteiger partial charge in [0.2, 0.25) is 0 Å². The van der Waals surface area contributed by atoms with Gasteiger partial charge in [-0.15, -0.1) is 0 Å². The number of para-hydroxylation sites is 2. The number of hydrogen-bond donors (Lipinski definition) is 2. The summed E-state index contributed by atoms with van der Waals surface area (Å²) in [4.78, 5) is 14.5. The van der Waals surface area contributed by atoms with Gasteiger partial charge < -0.3 is 24.8 Å². The molecule has 0 amide bonds. The van der Waals surface area contributed by atoms with Gasteiger partial charge in [-0.3, -0.25) is 0 Å². The summed E-state index contributed by atoms with van der Waals surface area (Å²) >= 11 is 27.9. The van der Waals surface area contributed by atoms with Gasteiger partial charge in [0.05, 0.1) is 39.9 Å². The van der Waals surface area contributed by atoms with Crippen LogP contribution >= 0.6 is 46.4 Å². The van der Waals surface area contributed by atoms with Crippen molar-refractivity contribution < 1.29 is 19.0 Å². The molecule has 1 aliphatic heterocycles. The van der Waals surface area contributed by atoms with Crippen LogP contribution in [0.25, 0.3) is 11.1 Å². The van der Waals surface area contributed by atoms with E-state index in [4.69, 9.17) is 60.6 Å². The summed E-state index contributed by atoms with van der Waals surface area (Å²) in [6.45, 7) is 4.65. The maximum Gasteiger partial charge on any atom is 0.341 e. The van der Waals surface area contributed by atoms with Crippen LogP contribution in [0, 0.1) is 11.8 Å². The lowest BCUT2D eigenvalue weighted by atomic mass is 9.82. The SMILES string of the molecule is COc1ccc(/C(=C\C2(/C=C(\c3ccc(OC)cc3)c3ccccc3NC3CCC(C)CC3)OC(=O)c3c(Cl)c(Cl)c(Cl)c(Cl)c32)c2ccccc2NC2CCC(C)CC2)cc1. The predicted octanol–water partition coefficient (Wildman–Crippen LogP) is 14.9. The molecule has 2 N–H and O–H groups in total. The Hall–Kier alpha value is -4.59. The summed E-state index contributed by atoms with van der Waals surface area (Å²) in [6.07, 6.45) is 12.9. The van der Waals surface area contributed by atoms with Crippen molar-refractivity contribution in [3.63, 3.8) is 0 Å². The standard InChI is InChI=1S/C52H52Cl4N2O4/c1-31-13-21-35(22-14-31)57-43-11-7-5-9-39(43)41(33-17-25-37(60-3)26-18-33)29-52(46-45(51(59)62-52)47(53)49(55)50(56)48(46)54)30-42(34-19-27-38(61-4)28-20-34)40-10-6-8-12-44(40)58-36-23-15-32(2)16-24-36/h5-12,17-20,25-32,35-36,57-58H,13-16,21-24H2,1-4H3/b41-29+,42-30+. The van der Waals surface area contributed by atoms with Gasteiger partial charge in [-0.25, -0.2) is 4.79 Å². The van der Waals surface area contributed by atoms with Crippen molar-refractivity contribution in [3.05, 3.63) is 163 Å². The monoisotopic (exact) mass is 908 g/mol. The maximum atomic E-state index is 14.5. The van der Waals surface area contributed by atoms with Crippen LogP contribution in [0.5, 0.6) is 11.5 Å². The normalized spacial score (nSPS) is 22.7. The summed E-state index contributed by atoms with van der Waals surface area (Å²) in [5.74, 6) is 2.14. The Morgan fingerprint density at radius 1 is 0.581 bits per heavy atom. The molecule has 322 valence electrons. The number of nitrogens with one attached hydrogen (secondary N) is 2. The first-order valence-electron chi connectivity index (χ1n) is 21.5. The smallest absolute Gasteiger partial charge is 0.341 e. The minimum Gasteiger partial charge on any atom is -0.497 e. The fourth-order valence-electron chi connectivity index (χ4n) is 9.23. The molecule has 5 aromatic rings. The molecule has 0 unspecified atom stereocenters. The number of rotatable bonds is 12. The number of anilines is 2. The van der Waals surface area contributed by atoms with Crippen molar-refractivity contribution in [1.29, 1.82) is 0 Å². The summed E-state index contributed by atoms with van der Waals surface area (Å²) in [5, 5.41) is 7.86. The van der Waals surface area contributed by atoms with Gasteiger partial charge in [0.25, 0.3) is 0 Å². The second-order valence-corrected chi connectivity index (χ2v) is 18.6. The molecule has 0 aromatic heterocycles. The molecule has 2 aliphatic carbocycles. The number of hydrogen-bond acceptors (Lipinski definition) is 6. The van der Waals surface area contributed by atoms with E-state index < -0.39 is 11.6 Å². The summed E-state index contributed by atoms with van der Waals surface area (Å²) in [5.41, 5.74) is 5.72. The average molecular weight is 911 g/mol. The highest BCUT2D eigenvalue weighted by Gasteiger charge is 2.48. The third kappa shape index (κ3) is 9.08. The van der Waals surface area contributed by atoms with Crippen molar-refractivity contribution >= 4 is 74.9 Å². The minimum atomic E-state index is -1.67. The summed E-state index contributed by atoms with van der Waals surface area (Å²) < 4.78 is 18.0. The molecule has 0 radical (unpaired) electrons. The lowest BCUT2D eigenvalue weighted by molar-refractivity contribution is 0.0300. The van der Waals surface area contributed by atoms with E-state index in [0.717, 1.165) is 96.1 Å². The second kappa shape index (κ2) is 19.0. The average Bonchev–Trinajstić information content (AvgIpc) is 3.59. The van der Waals surface area contributed by atoms with E-state index in [1.165, 1.54) is 0 Å². The number of halogens is 4. The third-order valence-electron chi connectivity index (χ3n) is 12.8. The quantitative estimate of drug-likeness (QED) is 0.0738. The van der Waals surface area contributed by atoms with Crippen LogP contribution in [0.2, 0.25) is 20.1 Å². The first-order chi connectivity index (χ1) is 30.0. The zero-order valence-electron chi connectivity index (χ0n) is 35.5. The molecule has 8 rings (SSSR count). The number of carbonyl (C=O) groups excluding carboxylic acids is 1. The van der Waals surface area contributed by atoms with Crippen molar-refractivity contribution in [3.8, 4) is 11.5 Å². The Balaban J connectivity index is 1.43. The van der Waals surface area contributed by atoms with Crippen LogP contribution in [0.1, 0.15) is 103 Å². The number of fused-ring (bicyclic) bond motifs is 1. The van der Waals surface area contributed by atoms with Gasteiger partial charge >= 0.3 is 5.97 Å². The molecule has 0 atom stereocenters. The van der Waals surface area contributed by atoms with Crippen molar-refractivity contribution in [2.75, 3.05) is 24.9 Å². The molecule has 6 nitrogen and oxygen atoms in total. The first-order valence-corrected chi connectivity index (χ1v) is 23.1. The molecular weight excluding hydrogens is 858 g/mol. The molecule has 1 heterocycles. The van der Waals surface area contributed by atoms with Gasteiger partial charge in [-0.1, -0.05) is 121 Å². The van der Waals surface area contributed by atoms with Crippen molar-refractivity contribution in [2.24, 2.45) is 11.8 Å². The maximum absolute atomic E-state index is 14.5. The second-order valence-electron chi connectivity index (χ2n) is 17.1. The number of methoxy groups -OCH3 is 2. The number of ether oxygens (including phenoxy) is 3. The van der Waals surface area contributed by atoms with E-state index in [0.29, 0.717) is 41.0 Å². The molecule has 0 spiro atoms. The largest absolute Gasteiger partial charge is 0.497 e. The van der Waals surface area contributed by atoms with Gasteiger partial charge in [-0.2, -0.15) is 0 Å². The van der Waals surface area contributed by atoms with Crippen LogP contribution in [0.4, 0.5) is 11.4 Å². The zero-order valence-corrected chi connectivity index (χ0v) is 38.5. The minimum absolute atomic E-state index is 0.0174. The van der Waals surface area contributed by atoms with E-state index in [1.54, 1.807) is 14.2 Å². The third-order valence-corrected chi connectivity index (χ3v) is 14.6. The van der Waals surface area contributed by atoms with Crippen LogP contribution < -0.4 is 20.1 Å². The molecule has 62 heavy (non-hydrogen) atoms. The molecule has 2 fully saturated rings. The van der Waals surface area contributed by atoms with Gasteiger partial charge in [0.1, 0.15) is 11.5 Å². The van der Waals surface area contributed by atoms with E-state index in [-0.39, 0.29) is 25.7 Å². The molecular formula is C52H52Cl4N2O4. The van der Waals surface area contributed by atoms with E-state index in [9.17, 15) is 4.79 Å². The van der Waals surface area contributed by atoms with Crippen LogP contribution in [0.3, 0.4) is 0 Å². The highest BCUT2D eigenvalue weighted by molar-refractivity contribution is 6.53. The van der Waals surface area contributed by atoms with Crippen LogP contribution in [-0.4, -0.2) is 32.3 Å². The van der Waals surface area contributed by atoms with Gasteiger partial charge in [0.15, 0.2) is 5.60 Å². The Kier molecular flexibility index (Phi) is 13.5. The molecule has 0 saturated heterocycles. The number of esters is 1. The van der Waals surface area contributed by atoms with Crippen molar-refractivity contribution in [1.82, 2.24) is 0 Å². The Bertz CT molecular complexity index is 2360. The Labute approximate surface area is 385 Å². The highest BCUT2D eigenvalue weighted by atomic mass is 35.5. The Morgan fingerprint density at radius 2 is 0.984 bits per heavy atom. The van der Waals surface area contributed by atoms with Crippen LogP contribution in [-0.2, 0) is 10.3 Å². The van der Waals surface area contributed by atoms with Gasteiger partial charge in [0, 0.05) is 40.1 Å². The Morgan fingerprint density at radius 3 is 1.40 bits per heavy atom. The van der Waals surface area contributed by atoms with E-state index >= 15 is 0 Å². The molecule has 5 aromatic carbocycles. The highest BCUT2D eigenvalue weighted by Crippen LogP contribution is 2.54. The molecule has 0 bridgehead atoms. The van der Waals surface area contributed by atoms with E-state index in [1.807, 2.05) is 84.9 Å². The van der Waals surface area contributed by atoms with Crippen LogP contribution in [0.15, 0.2) is 109 Å². The topological polar surface area (TPSA) is 68.8 Å². The molecule has 3 aliphatic rings. The lowest BCUT2D eigenvalue weighted by Crippen LogP contribution is -2.26. The lowest BCUT2D eigenvalue weighted by Gasteiger charge is -2.31.